The molecule has 1 saturated heterocycles. The molecule has 0 aliphatic carbocycles. The summed E-state index contributed by atoms with van der Waals surface area (Å²) in [6.45, 7) is 10.6. The van der Waals surface area contributed by atoms with Crippen molar-refractivity contribution in [2.45, 2.75) is 63.2 Å². The van der Waals surface area contributed by atoms with Gasteiger partial charge in [-0.2, -0.15) is 0 Å². The molecule has 0 bridgehead atoms. The molecular formula is C12H23AsBO2. The van der Waals surface area contributed by atoms with E-state index >= 15 is 0 Å². The molecule has 1 aliphatic heterocycles. The van der Waals surface area contributed by atoms with Crippen molar-refractivity contribution in [2.75, 3.05) is 0 Å². The van der Waals surface area contributed by atoms with Gasteiger partial charge in [0.05, 0.1) is 0 Å². The van der Waals surface area contributed by atoms with Crippen LogP contribution in [0.2, 0.25) is 10.9 Å². The minimum absolute atomic E-state index is 0.136. The molecule has 0 aromatic heterocycles. The Labute approximate surface area is 107 Å². The second-order valence-electron chi connectivity index (χ2n) is 5.22. The molecule has 0 spiro atoms. The molecule has 1 heterocycles. The van der Waals surface area contributed by atoms with E-state index in [9.17, 15) is 0 Å². The van der Waals surface area contributed by atoms with Crippen molar-refractivity contribution in [3.63, 3.8) is 0 Å². The van der Waals surface area contributed by atoms with Gasteiger partial charge in [0.25, 0.3) is 0 Å². The quantitative estimate of drug-likeness (QED) is 0.739. The molecule has 2 nitrogen and oxygen atoms in total. The van der Waals surface area contributed by atoms with Crippen LogP contribution in [0.15, 0.2) is 11.5 Å². The van der Waals surface area contributed by atoms with E-state index in [1.165, 1.54) is 10.7 Å². The van der Waals surface area contributed by atoms with Gasteiger partial charge in [0, 0.05) is 0 Å². The molecule has 1 aliphatic rings. The monoisotopic (exact) mass is 285 g/mol. The third kappa shape index (κ3) is 2.94. The van der Waals surface area contributed by atoms with Gasteiger partial charge >= 0.3 is 107 Å². The van der Waals surface area contributed by atoms with Gasteiger partial charge in [-0.25, -0.2) is 0 Å². The van der Waals surface area contributed by atoms with E-state index in [0.29, 0.717) is 15.8 Å². The molecule has 0 atom stereocenters. The molecular weight excluding hydrogens is 262 g/mol. The van der Waals surface area contributed by atoms with Crippen LogP contribution in [0, 0.1) is 0 Å². The fourth-order valence-electron chi connectivity index (χ4n) is 1.61. The molecule has 0 aromatic rings. The van der Waals surface area contributed by atoms with E-state index in [2.05, 4.69) is 46.4 Å². The van der Waals surface area contributed by atoms with Gasteiger partial charge in [0.15, 0.2) is 0 Å². The van der Waals surface area contributed by atoms with E-state index in [4.69, 9.17) is 9.31 Å². The Morgan fingerprint density at radius 3 is 2.06 bits per heavy atom. The van der Waals surface area contributed by atoms with Crippen molar-refractivity contribution >= 4 is 22.9 Å². The van der Waals surface area contributed by atoms with Gasteiger partial charge in [0.2, 0.25) is 0 Å². The van der Waals surface area contributed by atoms with Gasteiger partial charge in [-0.15, -0.1) is 0 Å². The standard InChI is InChI=1S/C12H23AsBO2/c1-7-10(8-9-13-6)14-15-11(2,3)12(4,5)16-14/h8H,7,9H2,1-6H3/b10-8+. The zero-order valence-corrected chi connectivity index (χ0v) is 13.2. The van der Waals surface area contributed by atoms with Crippen molar-refractivity contribution in [1.29, 1.82) is 0 Å². The van der Waals surface area contributed by atoms with E-state index in [1.807, 2.05) is 0 Å². The maximum absolute atomic E-state index is 6.03. The number of hydrogen-bond donors (Lipinski definition) is 0. The van der Waals surface area contributed by atoms with Crippen LogP contribution in [0.1, 0.15) is 41.0 Å². The van der Waals surface area contributed by atoms with Crippen LogP contribution in [0.3, 0.4) is 0 Å². The third-order valence-corrected chi connectivity index (χ3v) is 4.65. The average molecular weight is 285 g/mol. The summed E-state index contributed by atoms with van der Waals surface area (Å²) in [6.07, 6.45) is 3.32. The molecule has 1 radical (unpaired) electrons. The van der Waals surface area contributed by atoms with E-state index < -0.39 is 0 Å². The third-order valence-electron chi connectivity index (χ3n) is 3.50. The van der Waals surface area contributed by atoms with Gasteiger partial charge in [-0.1, -0.05) is 0 Å². The van der Waals surface area contributed by atoms with Gasteiger partial charge < -0.3 is 0 Å². The summed E-state index contributed by atoms with van der Waals surface area (Å²) >= 11 is 0.442. The number of allylic oxidation sites excluding steroid dienone is 2. The topological polar surface area (TPSA) is 18.5 Å². The van der Waals surface area contributed by atoms with Crippen LogP contribution in [0.4, 0.5) is 0 Å². The van der Waals surface area contributed by atoms with Crippen LogP contribution in [0.5, 0.6) is 0 Å². The summed E-state index contributed by atoms with van der Waals surface area (Å²) in [4.78, 5) is 0. The molecule has 4 heteroatoms. The first-order chi connectivity index (χ1) is 7.34. The van der Waals surface area contributed by atoms with Crippen molar-refractivity contribution in [1.82, 2.24) is 0 Å². The fourth-order valence-corrected chi connectivity index (χ4v) is 2.49. The molecule has 91 valence electrons. The van der Waals surface area contributed by atoms with Crippen LogP contribution in [0.25, 0.3) is 0 Å². The Hall–Kier alpha value is 0.283. The fraction of sp³-hybridized carbons (Fsp3) is 0.833. The van der Waals surface area contributed by atoms with E-state index in [1.54, 1.807) is 0 Å². The van der Waals surface area contributed by atoms with Crippen molar-refractivity contribution in [3.8, 4) is 0 Å². The van der Waals surface area contributed by atoms with Gasteiger partial charge in [-0.3, -0.25) is 0 Å². The van der Waals surface area contributed by atoms with E-state index in [-0.39, 0.29) is 18.3 Å². The van der Waals surface area contributed by atoms with Crippen LogP contribution >= 0.6 is 0 Å². The first-order valence-corrected chi connectivity index (χ1v) is 9.14. The van der Waals surface area contributed by atoms with E-state index in [0.717, 1.165) is 6.42 Å². The normalized spacial score (nSPS) is 24.6. The average Bonchev–Trinajstić information content (AvgIpc) is 2.37. The second kappa shape index (κ2) is 5.29. The Kier molecular flexibility index (Phi) is 4.74. The Balaban J connectivity index is 2.77. The predicted octanol–water partition coefficient (Wildman–Crippen LogP) is 3.12. The van der Waals surface area contributed by atoms with Gasteiger partial charge in [-0.05, 0) is 0 Å². The van der Waals surface area contributed by atoms with Crippen molar-refractivity contribution < 1.29 is 9.31 Å². The summed E-state index contributed by atoms with van der Waals surface area (Å²) in [5.41, 5.74) is 3.15. The van der Waals surface area contributed by atoms with Crippen LogP contribution in [-0.4, -0.2) is 34.1 Å². The summed E-state index contributed by atoms with van der Waals surface area (Å²) < 4.78 is 12.1. The first-order valence-electron chi connectivity index (χ1n) is 5.94. The summed E-state index contributed by atoms with van der Waals surface area (Å²) in [5.74, 6) is 0. The molecule has 0 N–H and O–H groups in total. The summed E-state index contributed by atoms with van der Waals surface area (Å²) in [6, 6.07) is 0. The molecule has 0 amide bonds. The van der Waals surface area contributed by atoms with Gasteiger partial charge in [0.1, 0.15) is 0 Å². The zero-order valence-electron chi connectivity index (χ0n) is 11.3. The van der Waals surface area contributed by atoms with Crippen LogP contribution in [-0.2, 0) is 9.31 Å². The molecule has 1 rings (SSSR count). The maximum atomic E-state index is 6.03. The summed E-state index contributed by atoms with van der Waals surface area (Å²) in [7, 11) is -0.136. The Morgan fingerprint density at radius 1 is 1.19 bits per heavy atom. The number of hydrogen-bond acceptors (Lipinski definition) is 2. The van der Waals surface area contributed by atoms with Crippen molar-refractivity contribution in [2.24, 2.45) is 0 Å². The molecule has 16 heavy (non-hydrogen) atoms. The Morgan fingerprint density at radius 2 is 1.69 bits per heavy atom. The molecule has 1 fully saturated rings. The Bertz CT molecular complexity index is 258. The molecule has 0 aromatic carbocycles. The molecule has 0 saturated carbocycles. The van der Waals surface area contributed by atoms with Crippen LogP contribution < -0.4 is 0 Å². The summed E-state index contributed by atoms with van der Waals surface area (Å²) in [5, 5.41) is 1.20. The SMILES string of the molecule is CC/C(=C\C[As]C)B1OC(C)(C)C(C)(C)O1. The first kappa shape index (κ1) is 14.3. The molecule has 0 unspecified atom stereocenters. The predicted molar refractivity (Wildman–Crippen MR) is 70.9 cm³/mol. The van der Waals surface area contributed by atoms with Crippen molar-refractivity contribution in [3.05, 3.63) is 11.5 Å². The second-order valence-corrected chi connectivity index (χ2v) is 7.31. The minimum atomic E-state index is -0.216. The zero-order chi connectivity index (χ0) is 12.4. The number of rotatable bonds is 4.